The molecule has 2 saturated heterocycles. The molecule has 2 unspecified atom stereocenters. The Morgan fingerprint density at radius 3 is 2.69 bits per heavy atom. The van der Waals surface area contributed by atoms with Gasteiger partial charge in [-0.25, -0.2) is 0 Å². The van der Waals surface area contributed by atoms with Crippen LogP contribution in [0, 0.1) is 5.92 Å². The minimum atomic E-state index is 0.574. The largest absolute Gasteiger partial charge is 0.497 e. The van der Waals surface area contributed by atoms with Crippen LogP contribution in [0.15, 0.2) is 29.3 Å². The van der Waals surface area contributed by atoms with Gasteiger partial charge in [0, 0.05) is 39.1 Å². The number of nitrogens with one attached hydrogen (secondary N) is 1. The molecule has 3 rings (SSSR count). The Morgan fingerprint density at radius 1 is 1.19 bits per heavy atom. The van der Waals surface area contributed by atoms with Crippen molar-refractivity contribution in [3.8, 4) is 5.75 Å². The Bertz CT molecular complexity index is 586. The van der Waals surface area contributed by atoms with Crippen LogP contribution in [0.5, 0.6) is 5.75 Å². The second-order valence-corrected chi connectivity index (χ2v) is 7.53. The third kappa shape index (κ3) is 4.70. The second kappa shape index (κ2) is 9.26. The number of likely N-dealkylation sites (tertiary alicyclic amines) is 2. The van der Waals surface area contributed by atoms with E-state index >= 15 is 0 Å². The quantitative estimate of drug-likeness (QED) is 0.649. The molecule has 5 nitrogen and oxygen atoms in total. The van der Waals surface area contributed by atoms with Gasteiger partial charge in [-0.05, 0) is 56.0 Å². The molecule has 2 atom stereocenters. The summed E-state index contributed by atoms with van der Waals surface area (Å²) in [6.07, 6.45) is 3.83. The Morgan fingerprint density at radius 2 is 2.00 bits per heavy atom. The lowest BCUT2D eigenvalue weighted by Crippen LogP contribution is -2.45. The average Bonchev–Trinajstić information content (AvgIpc) is 3.19. The van der Waals surface area contributed by atoms with Crippen molar-refractivity contribution in [2.24, 2.45) is 10.9 Å². The summed E-state index contributed by atoms with van der Waals surface area (Å²) in [5.74, 6) is 3.30. The van der Waals surface area contributed by atoms with E-state index in [4.69, 9.17) is 4.74 Å². The first-order valence-corrected chi connectivity index (χ1v) is 10.0. The number of piperidine rings is 1. The monoisotopic (exact) mass is 358 g/mol. The average molecular weight is 359 g/mol. The summed E-state index contributed by atoms with van der Waals surface area (Å²) in [7, 11) is 3.62. The smallest absolute Gasteiger partial charge is 0.193 e. The lowest BCUT2D eigenvalue weighted by Gasteiger charge is -2.33. The van der Waals surface area contributed by atoms with E-state index < -0.39 is 0 Å². The van der Waals surface area contributed by atoms with Crippen LogP contribution in [0.25, 0.3) is 0 Å². The standard InChI is InChI=1S/C21H34N4O/c1-4-24-12-5-6-17(15-24)14-23-21(22-2)25-13-11-19(16-25)18-7-9-20(26-3)10-8-18/h7-10,17,19H,4-6,11-16H2,1-3H3,(H,22,23). The molecule has 2 aliphatic rings. The second-order valence-electron chi connectivity index (χ2n) is 7.53. The molecular weight excluding hydrogens is 324 g/mol. The van der Waals surface area contributed by atoms with Crippen molar-refractivity contribution in [2.45, 2.75) is 32.1 Å². The molecule has 0 spiro atoms. The lowest BCUT2D eigenvalue weighted by atomic mass is 9.98. The highest BCUT2D eigenvalue weighted by atomic mass is 16.5. The fourth-order valence-electron chi connectivity index (χ4n) is 4.27. The Labute approximate surface area is 158 Å². The van der Waals surface area contributed by atoms with Gasteiger partial charge < -0.3 is 19.9 Å². The molecule has 0 saturated carbocycles. The Balaban J connectivity index is 1.51. The summed E-state index contributed by atoms with van der Waals surface area (Å²) in [6, 6.07) is 8.52. The van der Waals surface area contributed by atoms with Gasteiger partial charge in [-0.2, -0.15) is 0 Å². The van der Waals surface area contributed by atoms with Crippen molar-refractivity contribution in [1.82, 2.24) is 15.1 Å². The van der Waals surface area contributed by atoms with E-state index in [1.54, 1.807) is 7.11 Å². The Hall–Kier alpha value is -1.75. The summed E-state index contributed by atoms with van der Waals surface area (Å²) < 4.78 is 5.27. The number of nitrogens with zero attached hydrogens (tertiary/aromatic N) is 3. The predicted molar refractivity (Wildman–Crippen MR) is 108 cm³/mol. The first kappa shape index (κ1) is 19.0. The van der Waals surface area contributed by atoms with Crippen LogP contribution >= 0.6 is 0 Å². The minimum Gasteiger partial charge on any atom is -0.497 e. The molecule has 0 aromatic heterocycles. The number of rotatable bonds is 5. The van der Waals surface area contributed by atoms with Crippen molar-refractivity contribution in [3.05, 3.63) is 29.8 Å². The van der Waals surface area contributed by atoms with E-state index in [9.17, 15) is 0 Å². The van der Waals surface area contributed by atoms with Gasteiger partial charge >= 0.3 is 0 Å². The number of ether oxygens (including phenoxy) is 1. The van der Waals surface area contributed by atoms with Gasteiger partial charge in [-0.3, -0.25) is 4.99 Å². The number of methoxy groups -OCH3 is 1. The molecule has 0 amide bonds. The van der Waals surface area contributed by atoms with Gasteiger partial charge in [0.1, 0.15) is 5.75 Å². The molecule has 26 heavy (non-hydrogen) atoms. The molecule has 1 aromatic carbocycles. The van der Waals surface area contributed by atoms with Crippen molar-refractivity contribution >= 4 is 5.96 Å². The molecule has 144 valence electrons. The Kier molecular flexibility index (Phi) is 6.78. The van der Waals surface area contributed by atoms with E-state index in [-0.39, 0.29) is 0 Å². The molecular formula is C21H34N4O. The van der Waals surface area contributed by atoms with Gasteiger partial charge in [0.2, 0.25) is 0 Å². The minimum absolute atomic E-state index is 0.574. The lowest BCUT2D eigenvalue weighted by molar-refractivity contribution is 0.183. The van der Waals surface area contributed by atoms with Crippen molar-refractivity contribution in [1.29, 1.82) is 0 Å². The molecule has 0 bridgehead atoms. The normalized spacial score (nSPS) is 24.7. The van der Waals surface area contributed by atoms with E-state index in [1.165, 1.54) is 44.5 Å². The van der Waals surface area contributed by atoms with Crippen molar-refractivity contribution in [3.63, 3.8) is 0 Å². The van der Waals surface area contributed by atoms with Crippen molar-refractivity contribution < 1.29 is 4.74 Å². The molecule has 1 aromatic rings. The van der Waals surface area contributed by atoms with Gasteiger partial charge in [0.05, 0.1) is 7.11 Å². The highest BCUT2D eigenvalue weighted by molar-refractivity contribution is 5.80. The van der Waals surface area contributed by atoms with E-state index in [0.29, 0.717) is 5.92 Å². The SMILES string of the molecule is CCN1CCCC(CNC(=NC)N2CCC(c3ccc(OC)cc3)C2)C1. The molecule has 2 fully saturated rings. The maximum Gasteiger partial charge on any atom is 0.193 e. The maximum absolute atomic E-state index is 5.27. The number of benzene rings is 1. The molecule has 2 heterocycles. The van der Waals surface area contributed by atoms with Crippen LogP contribution < -0.4 is 10.1 Å². The van der Waals surface area contributed by atoms with E-state index in [0.717, 1.165) is 37.3 Å². The first-order valence-electron chi connectivity index (χ1n) is 10.0. The highest BCUT2D eigenvalue weighted by Crippen LogP contribution is 2.28. The van der Waals surface area contributed by atoms with E-state index in [2.05, 4.69) is 51.3 Å². The van der Waals surface area contributed by atoms with Crippen LogP contribution in [-0.4, -0.2) is 69.2 Å². The fourth-order valence-corrected chi connectivity index (χ4v) is 4.27. The summed E-state index contributed by atoms with van der Waals surface area (Å²) in [6.45, 7) is 9.05. The molecule has 2 aliphatic heterocycles. The van der Waals surface area contributed by atoms with Crippen LogP contribution in [0.4, 0.5) is 0 Å². The number of guanidine groups is 1. The maximum atomic E-state index is 5.27. The summed E-state index contributed by atoms with van der Waals surface area (Å²) in [5.41, 5.74) is 1.40. The predicted octanol–water partition coefficient (Wildman–Crippen LogP) is 2.79. The van der Waals surface area contributed by atoms with Crippen LogP contribution in [-0.2, 0) is 0 Å². The third-order valence-electron chi connectivity index (χ3n) is 5.89. The summed E-state index contributed by atoms with van der Waals surface area (Å²) in [5, 5.41) is 3.65. The zero-order chi connectivity index (χ0) is 18.4. The molecule has 1 N–H and O–H groups in total. The van der Waals surface area contributed by atoms with Crippen LogP contribution in [0.2, 0.25) is 0 Å². The zero-order valence-corrected chi connectivity index (χ0v) is 16.6. The van der Waals surface area contributed by atoms with E-state index in [1.807, 2.05) is 7.05 Å². The number of aliphatic imine (C=N–C) groups is 1. The van der Waals surface area contributed by atoms with Crippen LogP contribution in [0.1, 0.15) is 37.7 Å². The summed E-state index contributed by atoms with van der Waals surface area (Å²) in [4.78, 5) is 9.52. The first-order chi connectivity index (χ1) is 12.7. The van der Waals surface area contributed by atoms with Gasteiger partial charge in [0.25, 0.3) is 0 Å². The van der Waals surface area contributed by atoms with Crippen LogP contribution in [0.3, 0.4) is 0 Å². The zero-order valence-electron chi connectivity index (χ0n) is 16.6. The molecule has 5 heteroatoms. The fraction of sp³-hybridized carbons (Fsp3) is 0.667. The summed E-state index contributed by atoms with van der Waals surface area (Å²) >= 11 is 0. The highest BCUT2D eigenvalue weighted by Gasteiger charge is 2.27. The van der Waals surface area contributed by atoms with Gasteiger partial charge in [-0.1, -0.05) is 19.1 Å². The number of hydrogen-bond acceptors (Lipinski definition) is 3. The number of hydrogen-bond donors (Lipinski definition) is 1. The van der Waals surface area contributed by atoms with Crippen molar-refractivity contribution in [2.75, 3.05) is 53.4 Å². The topological polar surface area (TPSA) is 40.1 Å². The third-order valence-corrected chi connectivity index (χ3v) is 5.89. The van der Waals surface area contributed by atoms with Gasteiger partial charge in [-0.15, -0.1) is 0 Å². The van der Waals surface area contributed by atoms with Gasteiger partial charge in [0.15, 0.2) is 5.96 Å². The molecule has 0 aliphatic carbocycles. The molecule has 0 radical (unpaired) electrons.